The van der Waals surface area contributed by atoms with Gasteiger partial charge in [0.15, 0.2) is 0 Å². The highest BCUT2D eigenvalue weighted by molar-refractivity contribution is 5.94. The van der Waals surface area contributed by atoms with E-state index in [1.807, 2.05) is 6.92 Å². The molecule has 0 bridgehead atoms. The molecule has 0 aromatic heterocycles. The van der Waals surface area contributed by atoms with Crippen molar-refractivity contribution in [3.8, 4) is 0 Å². The Hall–Kier alpha value is -1.59. The number of likely N-dealkylation sites (tertiary alicyclic amines) is 1. The van der Waals surface area contributed by atoms with Crippen molar-refractivity contribution in [2.45, 2.75) is 38.2 Å². The average Bonchev–Trinajstić information content (AvgIpc) is 2.27. The van der Waals surface area contributed by atoms with Crippen LogP contribution < -0.4 is 5.32 Å². The summed E-state index contributed by atoms with van der Waals surface area (Å²) in [5.41, 5.74) is -0.691. The van der Waals surface area contributed by atoms with E-state index in [4.69, 9.17) is 4.74 Å². The molecule has 0 radical (unpaired) electrons. The fourth-order valence-corrected chi connectivity index (χ4v) is 2.37. The molecule has 2 fully saturated rings. The van der Waals surface area contributed by atoms with Gasteiger partial charge in [0.1, 0.15) is 5.60 Å². The van der Waals surface area contributed by atoms with Gasteiger partial charge in [-0.25, -0.2) is 4.79 Å². The third-order valence-corrected chi connectivity index (χ3v) is 3.36. The van der Waals surface area contributed by atoms with Gasteiger partial charge in [-0.15, -0.1) is 0 Å². The smallest absolute Gasteiger partial charge is 0.414 e. The van der Waals surface area contributed by atoms with Gasteiger partial charge in [-0.2, -0.15) is 0 Å². The van der Waals surface area contributed by atoms with Crippen LogP contribution in [0.25, 0.3) is 0 Å². The molecule has 6 nitrogen and oxygen atoms in total. The molecule has 2 aliphatic rings. The average molecular weight is 240 g/mol. The molecule has 2 saturated heterocycles. The minimum absolute atomic E-state index is 0.103. The molecule has 94 valence electrons. The summed E-state index contributed by atoms with van der Waals surface area (Å²) in [7, 11) is 0. The van der Waals surface area contributed by atoms with Gasteiger partial charge in [-0.1, -0.05) is 6.92 Å². The van der Waals surface area contributed by atoms with Crippen LogP contribution in [0.4, 0.5) is 4.79 Å². The second-order valence-corrected chi connectivity index (χ2v) is 4.53. The Labute approximate surface area is 99.3 Å². The van der Waals surface area contributed by atoms with E-state index >= 15 is 0 Å². The van der Waals surface area contributed by atoms with Crippen LogP contribution in [0.1, 0.15) is 32.6 Å². The maximum Gasteiger partial charge on any atom is 0.414 e. The molecule has 17 heavy (non-hydrogen) atoms. The topological polar surface area (TPSA) is 75.7 Å². The first-order valence-electron chi connectivity index (χ1n) is 5.85. The van der Waals surface area contributed by atoms with E-state index in [2.05, 4.69) is 5.32 Å². The Morgan fingerprint density at radius 1 is 1.41 bits per heavy atom. The number of carbonyl (C=O) groups is 3. The Bertz CT molecular complexity index is 340. The highest BCUT2D eigenvalue weighted by atomic mass is 16.6. The van der Waals surface area contributed by atoms with Crippen LogP contribution in [0, 0.1) is 0 Å². The molecule has 2 heterocycles. The van der Waals surface area contributed by atoms with Crippen LogP contribution in [0.3, 0.4) is 0 Å². The van der Waals surface area contributed by atoms with Crippen LogP contribution in [0.2, 0.25) is 0 Å². The van der Waals surface area contributed by atoms with Gasteiger partial charge in [0.05, 0.1) is 6.42 Å². The SMILES string of the molecule is CCC(=O)N1CCC2(CC1)CC(=O)NC(=O)O2. The number of nitrogens with zero attached hydrogens (tertiary/aromatic N) is 1. The number of rotatable bonds is 1. The number of ether oxygens (including phenoxy) is 1. The predicted octanol–water partition coefficient (Wildman–Crippen LogP) is 0.414. The molecule has 0 aliphatic carbocycles. The first-order valence-corrected chi connectivity index (χ1v) is 5.85. The summed E-state index contributed by atoms with van der Waals surface area (Å²) in [5, 5.41) is 2.12. The van der Waals surface area contributed by atoms with Crippen molar-refractivity contribution < 1.29 is 19.1 Å². The Balaban J connectivity index is 1.99. The standard InChI is InChI=1S/C11H16N2O4/c1-2-9(15)13-5-3-11(4-6-13)7-8(14)12-10(16)17-11/h2-7H2,1H3,(H,12,14,16). The molecule has 2 rings (SSSR count). The summed E-state index contributed by atoms with van der Waals surface area (Å²) in [5.74, 6) is -0.192. The molecule has 0 saturated carbocycles. The quantitative estimate of drug-likeness (QED) is 0.720. The summed E-state index contributed by atoms with van der Waals surface area (Å²) in [4.78, 5) is 35.8. The monoisotopic (exact) mass is 240 g/mol. The zero-order valence-electron chi connectivity index (χ0n) is 9.82. The van der Waals surface area contributed by atoms with E-state index in [1.165, 1.54) is 0 Å². The summed E-state index contributed by atoms with van der Waals surface area (Å²) >= 11 is 0. The molecule has 0 aromatic rings. The molecule has 3 amide bonds. The Kier molecular flexibility index (Phi) is 3.04. The van der Waals surface area contributed by atoms with Crippen LogP contribution in [-0.2, 0) is 14.3 Å². The minimum Gasteiger partial charge on any atom is -0.442 e. The second kappa shape index (κ2) is 4.35. The van der Waals surface area contributed by atoms with Crippen molar-refractivity contribution in [1.29, 1.82) is 0 Å². The van der Waals surface area contributed by atoms with Gasteiger partial charge < -0.3 is 9.64 Å². The van der Waals surface area contributed by atoms with Crippen LogP contribution >= 0.6 is 0 Å². The minimum atomic E-state index is -0.691. The van der Waals surface area contributed by atoms with E-state index < -0.39 is 11.7 Å². The number of carbonyl (C=O) groups excluding carboxylic acids is 3. The summed E-state index contributed by atoms with van der Waals surface area (Å²) in [6.45, 7) is 2.92. The van der Waals surface area contributed by atoms with Crippen molar-refractivity contribution in [1.82, 2.24) is 10.2 Å². The number of hydrogen-bond acceptors (Lipinski definition) is 4. The van der Waals surface area contributed by atoms with Gasteiger partial charge >= 0.3 is 6.09 Å². The molecule has 1 N–H and O–H groups in total. The largest absolute Gasteiger partial charge is 0.442 e. The number of amides is 3. The lowest BCUT2D eigenvalue weighted by Gasteiger charge is -2.42. The van der Waals surface area contributed by atoms with Crippen molar-refractivity contribution in [3.05, 3.63) is 0 Å². The first kappa shape index (κ1) is 11.9. The van der Waals surface area contributed by atoms with Gasteiger partial charge in [-0.05, 0) is 0 Å². The fraction of sp³-hybridized carbons (Fsp3) is 0.727. The maximum absolute atomic E-state index is 11.5. The van der Waals surface area contributed by atoms with Crippen molar-refractivity contribution in [2.75, 3.05) is 13.1 Å². The van der Waals surface area contributed by atoms with E-state index in [0.717, 1.165) is 0 Å². The van der Waals surface area contributed by atoms with Crippen LogP contribution in [0.5, 0.6) is 0 Å². The van der Waals surface area contributed by atoms with Crippen molar-refractivity contribution in [3.63, 3.8) is 0 Å². The highest BCUT2D eigenvalue weighted by Gasteiger charge is 2.44. The number of hydrogen-bond donors (Lipinski definition) is 1. The van der Waals surface area contributed by atoms with E-state index in [-0.39, 0.29) is 18.2 Å². The number of alkyl carbamates (subject to hydrolysis) is 1. The zero-order chi connectivity index (χ0) is 12.5. The number of imide groups is 1. The second-order valence-electron chi connectivity index (χ2n) is 4.53. The maximum atomic E-state index is 11.5. The number of nitrogens with one attached hydrogen (secondary N) is 1. The zero-order valence-corrected chi connectivity index (χ0v) is 9.82. The normalized spacial score (nSPS) is 23.2. The molecule has 0 atom stereocenters. The molecular weight excluding hydrogens is 224 g/mol. The van der Waals surface area contributed by atoms with Gasteiger partial charge in [0.25, 0.3) is 0 Å². The first-order chi connectivity index (χ1) is 8.04. The van der Waals surface area contributed by atoms with E-state index in [1.54, 1.807) is 4.90 Å². The summed E-state index contributed by atoms with van der Waals surface area (Å²) in [6.07, 6.45) is 1.09. The number of piperidine rings is 1. The lowest BCUT2D eigenvalue weighted by Crippen LogP contribution is -2.56. The van der Waals surface area contributed by atoms with Gasteiger partial charge in [0.2, 0.25) is 11.8 Å². The highest BCUT2D eigenvalue weighted by Crippen LogP contribution is 2.32. The summed E-state index contributed by atoms with van der Waals surface area (Å²) in [6, 6.07) is 0. The van der Waals surface area contributed by atoms with Gasteiger partial charge in [-0.3, -0.25) is 14.9 Å². The Morgan fingerprint density at radius 2 is 2.06 bits per heavy atom. The third-order valence-electron chi connectivity index (χ3n) is 3.36. The molecular formula is C11H16N2O4. The molecule has 2 aliphatic heterocycles. The third kappa shape index (κ3) is 2.40. The molecule has 0 aromatic carbocycles. The molecule has 0 unspecified atom stereocenters. The van der Waals surface area contributed by atoms with Crippen molar-refractivity contribution >= 4 is 17.9 Å². The van der Waals surface area contributed by atoms with E-state index in [0.29, 0.717) is 32.4 Å². The Morgan fingerprint density at radius 3 is 2.59 bits per heavy atom. The molecule has 6 heteroatoms. The lowest BCUT2D eigenvalue weighted by molar-refractivity contribution is -0.140. The molecule has 1 spiro atoms. The van der Waals surface area contributed by atoms with Crippen LogP contribution in [0.15, 0.2) is 0 Å². The van der Waals surface area contributed by atoms with Gasteiger partial charge in [0, 0.05) is 32.4 Å². The van der Waals surface area contributed by atoms with E-state index in [9.17, 15) is 14.4 Å². The van der Waals surface area contributed by atoms with Crippen LogP contribution in [-0.4, -0.2) is 41.5 Å². The fourth-order valence-electron chi connectivity index (χ4n) is 2.37. The lowest BCUT2D eigenvalue weighted by atomic mass is 9.86. The summed E-state index contributed by atoms with van der Waals surface area (Å²) < 4.78 is 5.24. The predicted molar refractivity (Wildman–Crippen MR) is 58.1 cm³/mol. The van der Waals surface area contributed by atoms with Crippen molar-refractivity contribution in [2.24, 2.45) is 0 Å².